The molecule has 3 aliphatic rings. The Bertz CT molecular complexity index is 1290. The van der Waals surface area contributed by atoms with E-state index in [1.54, 1.807) is 0 Å². The number of rotatable bonds is 5. The number of amides is 3. The van der Waals surface area contributed by atoms with Crippen molar-refractivity contribution in [2.45, 2.75) is 63.3 Å². The number of anilines is 1. The Balaban J connectivity index is 1.38. The van der Waals surface area contributed by atoms with Gasteiger partial charge in [0.15, 0.2) is 9.92 Å². The second-order valence-electron chi connectivity index (χ2n) is 9.25. The molecule has 2 unspecified atom stereocenters. The van der Waals surface area contributed by atoms with Gasteiger partial charge in [-0.1, -0.05) is 0 Å². The standard InChI is InChI=1S/C22H29N7O4S/c1-12-19(15-6-7-15)26-17-5-3-4-16(17)20(12)27-22(31)28-34(23,32)18-9-25-29-10-14(8-24-13(2)30)11-33-21(18)29/h9,14-15H,3-8,10-11H2,1-2H3,(H,24,30)(H3,23,26,27,28,31,32). The van der Waals surface area contributed by atoms with Crippen LogP contribution in [0.3, 0.4) is 0 Å². The molecule has 2 atom stereocenters. The van der Waals surface area contributed by atoms with Crippen molar-refractivity contribution >= 4 is 27.5 Å². The fraction of sp³-hybridized carbons (Fsp3) is 0.545. The zero-order chi connectivity index (χ0) is 24.0. The SMILES string of the molecule is CC(=O)NCC1COc2c(S(N)(=O)=NC(=O)Nc3c(C)c(C4CC4)nc4c3CCC4)cnn2C1. The lowest BCUT2D eigenvalue weighted by atomic mass is 10.0. The van der Waals surface area contributed by atoms with Crippen molar-refractivity contribution in [3.8, 4) is 5.88 Å². The summed E-state index contributed by atoms with van der Waals surface area (Å²) in [6.07, 6.45) is 6.28. The topological polar surface area (TPSA) is 154 Å². The third-order valence-corrected chi connectivity index (χ3v) is 7.87. The number of hydrogen-bond donors (Lipinski definition) is 3. The third-order valence-electron chi connectivity index (χ3n) is 6.52. The molecule has 2 aromatic heterocycles. The number of nitrogens with zero attached hydrogens (tertiary/aromatic N) is 4. The number of aromatic nitrogens is 3. The van der Waals surface area contributed by atoms with Gasteiger partial charge in [-0.15, -0.1) is 4.36 Å². The Morgan fingerprint density at radius 2 is 2.15 bits per heavy atom. The van der Waals surface area contributed by atoms with Crippen LogP contribution in [-0.4, -0.2) is 44.1 Å². The zero-order valence-electron chi connectivity index (χ0n) is 19.3. The van der Waals surface area contributed by atoms with Crippen molar-refractivity contribution < 1.29 is 18.5 Å². The Kier molecular flexibility index (Phi) is 5.80. The molecule has 2 aliphatic carbocycles. The molecule has 0 aromatic carbocycles. The predicted molar refractivity (Wildman–Crippen MR) is 125 cm³/mol. The lowest BCUT2D eigenvalue weighted by molar-refractivity contribution is -0.119. The molecule has 0 saturated heterocycles. The van der Waals surface area contributed by atoms with Crippen LogP contribution >= 0.6 is 0 Å². The van der Waals surface area contributed by atoms with Gasteiger partial charge in [0.25, 0.3) is 0 Å². The summed E-state index contributed by atoms with van der Waals surface area (Å²) in [4.78, 5) is 29.0. The molecule has 5 rings (SSSR count). The number of pyridine rings is 1. The second-order valence-corrected chi connectivity index (χ2v) is 11.0. The van der Waals surface area contributed by atoms with Crippen molar-refractivity contribution in [3.63, 3.8) is 0 Å². The molecule has 0 spiro atoms. The van der Waals surface area contributed by atoms with E-state index in [9.17, 15) is 13.8 Å². The maximum Gasteiger partial charge on any atom is 0.354 e. The summed E-state index contributed by atoms with van der Waals surface area (Å²) >= 11 is 0. The maximum atomic E-state index is 13.3. The minimum atomic E-state index is -3.59. The smallest absolute Gasteiger partial charge is 0.354 e. The van der Waals surface area contributed by atoms with Gasteiger partial charge in [-0.05, 0) is 50.2 Å². The quantitative estimate of drug-likeness (QED) is 0.586. The Labute approximate surface area is 198 Å². The lowest BCUT2D eigenvalue weighted by Gasteiger charge is -2.24. The first-order chi connectivity index (χ1) is 16.2. The predicted octanol–water partition coefficient (Wildman–Crippen LogP) is 2.03. The fourth-order valence-corrected chi connectivity index (χ4v) is 5.67. The first-order valence-electron chi connectivity index (χ1n) is 11.5. The number of aryl methyl sites for hydroxylation is 1. The number of carbonyl (C=O) groups is 2. The Morgan fingerprint density at radius 1 is 1.35 bits per heavy atom. The highest BCUT2D eigenvalue weighted by Crippen LogP contribution is 2.44. The normalized spacial score (nSPS) is 20.5. The fourth-order valence-electron chi connectivity index (χ4n) is 4.67. The first-order valence-corrected chi connectivity index (χ1v) is 13.1. The molecule has 1 fully saturated rings. The van der Waals surface area contributed by atoms with Crippen LogP contribution in [0.2, 0.25) is 0 Å². The van der Waals surface area contributed by atoms with Crippen LogP contribution in [0.1, 0.15) is 54.6 Å². The molecule has 2 aromatic rings. The number of hydrogen-bond acceptors (Lipinski definition) is 6. The van der Waals surface area contributed by atoms with E-state index in [-0.39, 0.29) is 22.6 Å². The van der Waals surface area contributed by atoms with Crippen LogP contribution in [0.4, 0.5) is 10.5 Å². The molecule has 34 heavy (non-hydrogen) atoms. The highest BCUT2D eigenvalue weighted by molar-refractivity contribution is 7.91. The number of urea groups is 1. The van der Waals surface area contributed by atoms with Crippen molar-refractivity contribution in [1.82, 2.24) is 20.1 Å². The van der Waals surface area contributed by atoms with E-state index in [1.807, 2.05) is 6.92 Å². The summed E-state index contributed by atoms with van der Waals surface area (Å²) in [6, 6.07) is -0.767. The first kappa shape index (κ1) is 22.8. The number of carbonyl (C=O) groups excluding carboxylic acids is 2. The minimum Gasteiger partial charge on any atom is -0.476 e. The van der Waals surface area contributed by atoms with Crippen molar-refractivity contribution in [2.75, 3.05) is 18.5 Å². The van der Waals surface area contributed by atoms with E-state index in [4.69, 9.17) is 14.9 Å². The zero-order valence-corrected chi connectivity index (χ0v) is 20.1. The van der Waals surface area contributed by atoms with Crippen molar-refractivity contribution in [2.24, 2.45) is 15.4 Å². The van der Waals surface area contributed by atoms with Gasteiger partial charge in [0, 0.05) is 36.7 Å². The highest BCUT2D eigenvalue weighted by Gasteiger charge is 2.32. The maximum absolute atomic E-state index is 13.3. The monoisotopic (exact) mass is 487 g/mol. The van der Waals surface area contributed by atoms with Crippen LogP contribution in [0.15, 0.2) is 15.5 Å². The number of ether oxygens (including phenoxy) is 1. The Hall–Kier alpha value is -2.99. The Morgan fingerprint density at radius 3 is 2.88 bits per heavy atom. The molecule has 4 N–H and O–H groups in total. The number of nitrogens with one attached hydrogen (secondary N) is 2. The van der Waals surface area contributed by atoms with Gasteiger partial charge < -0.3 is 15.4 Å². The van der Waals surface area contributed by atoms with Gasteiger partial charge in [-0.2, -0.15) is 5.10 Å². The van der Waals surface area contributed by atoms with Crippen molar-refractivity contribution in [1.29, 1.82) is 0 Å². The summed E-state index contributed by atoms with van der Waals surface area (Å²) in [5, 5.41) is 15.8. The largest absolute Gasteiger partial charge is 0.476 e. The van der Waals surface area contributed by atoms with Gasteiger partial charge in [-0.25, -0.2) is 18.8 Å². The highest BCUT2D eigenvalue weighted by atomic mass is 32.2. The number of nitrogens with two attached hydrogens (primary N) is 1. The summed E-state index contributed by atoms with van der Waals surface area (Å²) in [7, 11) is -3.59. The average Bonchev–Trinajstić information content (AvgIpc) is 3.35. The van der Waals surface area contributed by atoms with Gasteiger partial charge in [0.2, 0.25) is 11.8 Å². The lowest BCUT2D eigenvalue weighted by Crippen LogP contribution is -2.36. The molecule has 1 saturated carbocycles. The van der Waals surface area contributed by atoms with Crippen LogP contribution in [0.5, 0.6) is 5.88 Å². The molecule has 1 aliphatic heterocycles. The summed E-state index contributed by atoms with van der Waals surface area (Å²) in [6.45, 7) is 4.61. The molecule has 3 amide bonds. The second kappa shape index (κ2) is 8.66. The average molecular weight is 488 g/mol. The van der Waals surface area contributed by atoms with Gasteiger partial charge in [0.1, 0.15) is 4.90 Å². The molecule has 182 valence electrons. The summed E-state index contributed by atoms with van der Waals surface area (Å²) < 4.78 is 24.4. The van der Waals surface area contributed by atoms with Crippen LogP contribution < -0.4 is 20.5 Å². The summed E-state index contributed by atoms with van der Waals surface area (Å²) in [5.41, 5.74) is 4.78. The van der Waals surface area contributed by atoms with E-state index < -0.39 is 15.9 Å². The van der Waals surface area contributed by atoms with Crippen LogP contribution in [0.25, 0.3) is 0 Å². The van der Waals surface area contributed by atoms with E-state index in [1.165, 1.54) is 17.8 Å². The van der Waals surface area contributed by atoms with Gasteiger partial charge in [0.05, 0.1) is 25.0 Å². The molecule has 12 heteroatoms. The third kappa shape index (κ3) is 4.39. The molecule has 3 heterocycles. The van der Waals surface area contributed by atoms with Crippen LogP contribution in [-0.2, 0) is 34.1 Å². The van der Waals surface area contributed by atoms with E-state index in [2.05, 4.69) is 20.1 Å². The van der Waals surface area contributed by atoms with Crippen LogP contribution in [0, 0.1) is 12.8 Å². The molecule has 0 radical (unpaired) electrons. The summed E-state index contributed by atoms with van der Waals surface area (Å²) in [5.74, 6) is 0.569. The molecule has 0 bridgehead atoms. The molecule has 11 nitrogen and oxygen atoms in total. The van der Waals surface area contributed by atoms with Gasteiger partial charge in [-0.3, -0.25) is 9.78 Å². The van der Waals surface area contributed by atoms with E-state index >= 15 is 0 Å². The molecular formula is C22H29N7O4S. The minimum absolute atomic E-state index is 0.00985. The van der Waals surface area contributed by atoms with E-state index in [0.717, 1.165) is 60.3 Å². The number of fused-ring (bicyclic) bond motifs is 2. The van der Waals surface area contributed by atoms with Gasteiger partial charge >= 0.3 is 6.03 Å². The van der Waals surface area contributed by atoms with E-state index in [0.29, 0.717) is 25.6 Å². The van der Waals surface area contributed by atoms with Crippen molar-refractivity contribution in [3.05, 3.63) is 28.7 Å². The molecular weight excluding hydrogens is 458 g/mol.